The molecule has 1 aromatic carbocycles. The van der Waals surface area contributed by atoms with Gasteiger partial charge in [0.1, 0.15) is 0 Å². The summed E-state index contributed by atoms with van der Waals surface area (Å²) < 4.78 is 5.06. The van der Waals surface area contributed by atoms with Crippen molar-refractivity contribution in [2.45, 2.75) is 33.1 Å². The van der Waals surface area contributed by atoms with Crippen LogP contribution >= 0.6 is 0 Å². The van der Waals surface area contributed by atoms with Gasteiger partial charge in [0.25, 0.3) is 0 Å². The van der Waals surface area contributed by atoms with Crippen LogP contribution in [-0.2, 0) is 4.74 Å². The molecule has 2 N–H and O–H groups in total. The Bertz CT molecular complexity index is 476. The maximum Gasteiger partial charge on any atom is 0.191 e. The Balaban J connectivity index is 2.27. The summed E-state index contributed by atoms with van der Waals surface area (Å²) in [6.45, 7) is 8.93. The zero-order valence-electron chi connectivity index (χ0n) is 15.8. The maximum atomic E-state index is 5.06. The summed E-state index contributed by atoms with van der Waals surface area (Å²) in [6.07, 6.45) is 3.43. The molecule has 0 aliphatic carbocycles. The number of benzene rings is 1. The number of likely N-dealkylation sites (N-methyl/N-ethyl adjacent to an activating group) is 1. The van der Waals surface area contributed by atoms with E-state index >= 15 is 0 Å². The van der Waals surface area contributed by atoms with Gasteiger partial charge < -0.3 is 20.3 Å². The van der Waals surface area contributed by atoms with Crippen LogP contribution in [0.3, 0.4) is 0 Å². The van der Waals surface area contributed by atoms with E-state index in [9.17, 15) is 0 Å². The van der Waals surface area contributed by atoms with Crippen LogP contribution in [0, 0.1) is 6.92 Å². The first kappa shape index (κ1) is 20.3. The van der Waals surface area contributed by atoms with E-state index in [1.54, 1.807) is 7.11 Å². The highest BCUT2D eigenvalue weighted by atomic mass is 16.5. The largest absolute Gasteiger partial charge is 0.385 e. The summed E-state index contributed by atoms with van der Waals surface area (Å²) in [6, 6.07) is 8.65. The van der Waals surface area contributed by atoms with Crippen LogP contribution in [0.4, 0.5) is 5.69 Å². The molecular weight excluding hydrogens is 300 g/mol. The highest BCUT2D eigenvalue weighted by Crippen LogP contribution is 2.14. The molecule has 0 aliphatic heterocycles. The predicted molar refractivity (Wildman–Crippen MR) is 104 cm³/mol. The number of guanidine groups is 1. The molecule has 5 nitrogen and oxygen atoms in total. The third-order valence-corrected chi connectivity index (χ3v) is 3.96. The van der Waals surface area contributed by atoms with E-state index in [-0.39, 0.29) is 0 Å². The molecule has 5 heteroatoms. The second-order valence-corrected chi connectivity index (χ2v) is 5.90. The van der Waals surface area contributed by atoms with Crippen LogP contribution in [-0.4, -0.2) is 52.9 Å². The van der Waals surface area contributed by atoms with Crippen LogP contribution in [0.25, 0.3) is 0 Å². The van der Waals surface area contributed by atoms with Crippen LogP contribution < -0.4 is 15.5 Å². The lowest BCUT2D eigenvalue weighted by Gasteiger charge is -2.24. The second-order valence-electron chi connectivity index (χ2n) is 5.90. The van der Waals surface area contributed by atoms with Crippen LogP contribution in [0.15, 0.2) is 29.3 Å². The van der Waals surface area contributed by atoms with Crippen molar-refractivity contribution in [1.82, 2.24) is 10.6 Å². The number of aryl methyl sites for hydroxylation is 1. The Kier molecular flexibility index (Phi) is 10.7. The highest BCUT2D eigenvalue weighted by Gasteiger charge is 2.04. The Labute approximate surface area is 147 Å². The van der Waals surface area contributed by atoms with Gasteiger partial charge in [-0.3, -0.25) is 4.99 Å². The number of hydrogen-bond donors (Lipinski definition) is 2. The Morgan fingerprint density at radius 2 is 1.96 bits per heavy atom. The molecule has 136 valence electrons. The molecule has 0 saturated carbocycles. The topological polar surface area (TPSA) is 48.9 Å². The number of hydrogen-bond acceptors (Lipinski definition) is 3. The van der Waals surface area contributed by atoms with E-state index < -0.39 is 0 Å². The number of unbranched alkanes of at least 4 members (excludes halogenated alkanes) is 2. The van der Waals surface area contributed by atoms with Gasteiger partial charge in [-0.1, -0.05) is 12.1 Å². The molecule has 0 bridgehead atoms. The first-order valence-corrected chi connectivity index (χ1v) is 8.96. The van der Waals surface area contributed by atoms with Crippen LogP contribution in [0.2, 0.25) is 0 Å². The summed E-state index contributed by atoms with van der Waals surface area (Å²) in [5.74, 6) is 0.877. The molecule has 0 aliphatic rings. The van der Waals surface area contributed by atoms with E-state index in [0.29, 0.717) is 0 Å². The summed E-state index contributed by atoms with van der Waals surface area (Å²) in [4.78, 5) is 6.66. The molecule has 1 aromatic rings. The van der Waals surface area contributed by atoms with Gasteiger partial charge in [-0.05, 0) is 50.8 Å². The molecule has 0 amide bonds. The lowest BCUT2D eigenvalue weighted by atomic mass is 10.2. The van der Waals surface area contributed by atoms with Gasteiger partial charge in [0.2, 0.25) is 0 Å². The van der Waals surface area contributed by atoms with Crippen molar-refractivity contribution in [3.05, 3.63) is 29.8 Å². The number of ether oxygens (including phenoxy) is 1. The van der Waals surface area contributed by atoms with Crippen molar-refractivity contribution in [2.24, 2.45) is 4.99 Å². The Morgan fingerprint density at radius 1 is 1.17 bits per heavy atom. The van der Waals surface area contributed by atoms with Crippen molar-refractivity contribution >= 4 is 11.6 Å². The van der Waals surface area contributed by atoms with E-state index in [1.807, 2.05) is 7.05 Å². The predicted octanol–water partition coefficient (Wildman–Crippen LogP) is 2.80. The minimum atomic E-state index is 0.846. The fourth-order valence-electron chi connectivity index (χ4n) is 2.58. The summed E-state index contributed by atoms with van der Waals surface area (Å²) >= 11 is 0. The van der Waals surface area contributed by atoms with Crippen LogP contribution in [0.5, 0.6) is 0 Å². The molecule has 0 aromatic heterocycles. The second kappa shape index (κ2) is 12.6. The average molecular weight is 335 g/mol. The highest BCUT2D eigenvalue weighted by molar-refractivity contribution is 5.79. The molecule has 0 saturated heterocycles. The monoisotopic (exact) mass is 334 g/mol. The minimum Gasteiger partial charge on any atom is -0.385 e. The standard InChI is InChI=1S/C19H34N4O/c1-5-23(18-11-9-10-17(2)16-18)14-13-22-19(20-3)21-12-7-6-8-15-24-4/h9-11,16H,5-8,12-15H2,1-4H3,(H2,20,21,22). The van der Waals surface area contributed by atoms with Crippen LogP contribution in [0.1, 0.15) is 31.7 Å². The van der Waals surface area contributed by atoms with Crippen molar-refractivity contribution in [2.75, 3.05) is 51.8 Å². The number of nitrogens with one attached hydrogen (secondary N) is 2. The van der Waals surface area contributed by atoms with Crippen molar-refractivity contribution in [3.8, 4) is 0 Å². The zero-order valence-corrected chi connectivity index (χ0v) is 15.8. The molecule has 24 heavy (non-hydrogen) atoms. The van der Waals surface area contributed by atoms with Crippen molar-refractivity contribution in [1.29, 1.82) is 0 Å². The fourth-order valence-corrected chi connectivity index (χ4v) is 2.58. The molecule has 0 spiro atoms. The van der Waals surface area contributed by atoms with Gasteiger partial charge in [-0.2, -0.15) is 0 Å². The molecule has 0 atom stereocenters. The fraction of sp³-hybridized carbons (Fsp3) is 0.632. The summed E-state index contributed by atoms with van der Waals surface area (Å²) in [5.41, 5.74) is 2.57. The van der Waals surface area contributed by atoms with Gasteiger partial charge in [0, 0.05) is 52.6 Å². The molecule has 0 radical (unpaired) electrons. The van der Waals surface area contributed by atoms with Gasteiger partial charge in [0.05, 0.1) is 0 Å². The number of anilines is 1. The molecule has 0 unspecified atom stereocenters. The summed E-state index contributed by atoms with van der Waals surface area (Å²) in [7, 11) is 3.57. The van der Waals surface area contributed by atoms with Crippen molar-refractivity contribution in [3.63, 3.8) is 0 Å². The number of methoxy groups -OCH3 is 1. The number of nitrogens with zero attached hydrogens (tertiary/aromatic N) is 2. The molecule has 0 fully saturated rings. The Hall–Kier alpha value is -1.75. The minimum absolute atomic E-state index is 0.846. The number of aliphatic imine (C=N–C) groups is 1. The third kappa shape index (κ3) is 8.20. The molecule has 0 heterocycles. The maximum absolute atomic E-state index is 5.06. The van der Waals surface area contributed by atoms with E-state index in [4.69, 9.17) is 4.74 Å². The quantitative estimate of drug-likeness (QED) is 0.371. The SMILES string of the molecule is CCN(CCNC(=NC)NCCCCCOC)c1cccc(C)c1. The molecule has 1 rings (SSSR count). The Morgan fingerprint density at radius 3 is 2.62 bits per heavy atom. The van der Waals surface area contributed by atoms with Gasteiger partial charge >= 0.3 is 0 Å². The normalized spacial score (nSPS) is 11.4. The van der Waals surface area contributed by atoms with Gasteiger partial charge in [-0.15, -0.1) is 0 Å². The van der Waals surface area contributed by atoms with E-state index in [1.165, 1.54) is 17.7 Å². The summed E-state index contributed by atoms with van der Waals surface area (Å²) in [5, 5.41) is 6.76. The number of rotatable bonds is 11. The first-order valence-electron chi connectivity index (χ1n) is 8.96. The molecular formula is C19H34N4O. The van der Waals surface area contributed by atoms with Crippen molar-refractivity contribution < 1.29 is 4.74 Å². The van der Waals surface area contributed by atoms with E-state index in [0.717, 1.165) is 51.6 Å². The first-order chi connectivity index (χ1) is 11.7. The van der Waals surface area contributed by atoms with Gasteiger partial charge in [0.15, 0.2) is 5.96 Å². The zero-order chi connectivity index (χ0) is 17.6. The smallest absolute Gasteiger partial charge is 0.191 e. The average Bonchev–Trinajstić information content (AvgIpc) is 2.59. The third-order valence-electron chi connectivity index (χ3n) is 3.96. The van der Waals surface area contributed by atoms with Gasteiger partial charge in [-0.25, -0.2) is 0 Å². The lowest BCUT2D eigenvalue weighted by molar-refractivity contribution is 0.192. The lowest BCUT2D eigenvalue weighted by Crippen LogP contribution is -2.42. The van der Waals surface area contributed by atoms with E-state index in [2.05, 4.69) is 58.6 Å².